The maximum atomic E-state index is 14.1. The van der Waals surface area contributed by atoms with Gasteiger partial charge in [0.15, 0.2) is 6.61 Å². The Kier molecular flexibility index (Phi) is 5.41. The fraction of sp³-hybridized carbons (Fsp3) is 0.263. The van der Waals surface area contributed by atoms with Gasteiger partial charge in [0.1, 0.15) is 11.6 Å². The fourth-order valence-corrected chi connectivity index (χ4v) is 2.53. The van der Waals surface area contributed by atoms with E-state index in [1.807, 2.05) is 0 Å². The van der Waals surface area contributed by atoms with Crippen molar-refractivity contribution in [2.45, 2.75) is 19.3 Å². The van der Waals surface area contributed by atoms with Crippen LogP contribution in [0.25, 0.3) is 0 Å². The first-order chi connectivity index (χ1) is 11.7. The van der Waals surface area contributed by atoms with Gasteiger partial charge in [-0.1, -0.05) is 18.2 Å². The summed E-state index contributed by atoms with van der Waals surface area (Å²) < 4.78 is 19.1. The SMILES string of the molecule is CN(C(=O)C(C)(C)c1ccccc1F)c1ccc(OCC(=O)O)cc1. The van der Waals surface area contributed by atoms with Crippen molar-refractivity contribution in [3.05, 3.63) is 59.9 Å². The van der Waals surface area contributed by atoms with Crippen molar-refractivity contribution >= 4 is 17.6 Å². The summed E-state index contributed by atoms with van der Waals surface area (Å²) in [5, 5.41) is 8.60. The molecule has 2 rings (SSSR count). The van der Waals surface area contributed by atoms with Gasteiger partial charge in [-0.15, -0.1) is 0 Å². The summed E-state index contributed by atoms with van der Waals surface area (Å²) in [6.45, 7) is 2.91. The van der Waals surface area contributed by atoms with Crippen LogP contribution in [0.2, 0.25) is 0 Å². The molecular formula is C19H20FNO4. The summed E-state index contributed by atoms with van der Waals surface area (Å²) in [5.41, 5.74) is -0.121. The zero-order chi connectivity index (χ0) is 18.6. The number of aliphatic carboxylic acids is 1. The Morgan fingerprint density at radius 2 is 1.72 bits per heavy atom. The monoisotopic (exact) mass is 345 g/mol. The van der Waals surface area contributed by atoms with Crippen LogP contribution >= 0.6 is 0 Å². The van der Waals surface area contributed by atoms with Gasteiger partial charge in [-0.3, -0.25) is 4.79 Å². The Bertz CT molecular complexity index is 771. The molecule has 0 unspecified atom stereocenters. The van der Waals surface area contributed by atoms with Gasteiger partial charge in [0.05, 0.1) is 5.41 Å². The lowest BCUT2D eigenvalue weighted by Crippen LogP contribution is -2.42. The molecule has 0 atom stereocenters. The third-order valence-electron chi connectivity index (χ3n) is 3.97. The van der Waals surface area contributed by atoms with Gasteiger partial charge in [-0.2, -0.15) is 0 Å². The van der Waals surface area contributed by atoms with Gasteiger partial charge in [0, 0.05) is 18.3 Å². The Balaban J connectivity index is 2.19. The largest absolute Gasteiger partial charge is 0.482 e. The number of benzene rings is 2. The van der Waals surface area contributed by atoms with Gasteiger partial charge in [-0.05, 0) is 44.2 Å². The molecule has 6 heteroatoms. The van der Waals surface area contributed by atoms with Crippen LogP contribution in [0.3, 0.4) is 0 Å². The second-order valence-electron chi connectivity index (χ2n) is 6.15. The van der Waals surface area contributed by atoms with Crippen LogP contribution in [0.15, 0.2) is 48.5 Å². The molecule has 5 nitrogen and oxygen atoms in total. The summed E-state index contributed by atoms with van der Waals surface area (Å²) in [7, 11) is 1.61. The Morgan fingerprint density at radius 3 is 2.28 bits per heavy atom. The molecular weight excluding hydrogens is 325 g/mol. The second-order valence-corrected chi connectivity index (χ2v) is 6.15. The van der Waals surface area contributed by atoms with Crippen LogP contribution in [0, 0.1) is 5.82 Å². The molecule has 0 aliphatic heterocycles. The van der Waals surface area contributed by atoms with Gasteiger partial charge >= 0.3 is 5.97 Å². The Hall–Kier alpha value is -2.89. The van der Waals surface area contributed by atoms with Crippen molar-refractivity contribution in [1.82, 2.24) is 0 Å². The van der Waals surface area contributed by atoms with E-state index in [-0.39, 0.29) is 5.91 Å². The minimum atomic E-state index is -1.07. The summed E-state index contributed by atoms with van der Waals surface area (Å²) in [4.78, 5) is 24.8. The van der Waals surface area contributed by atoms with Crippen molar-refractivity contribution in [1.29, 1.82) is 0 Å². The summed E-state index contributed by atoms with van der Waals surface area (Å²) >= 11 is 0. The lowest BCUT2D eigenvalue weighted by Gasteiger charge is -2.30. The predicted octanol–water partition coefficient (Wildman–Crippen LogP) is 3.23. The highest BCUT2D eigenvalue weighted by atomic mass is 19.1. The number of carbonyl (C=O) groups excluding carboxylic acids is 1. The van der Waals surface area contributed by atoms with Gasteiger partial charge in [-0.25, -0.2) is 9.18 Å². The molecule has 0 bridgehead atoms. The Labute approximate surface area is 145 Å². The third-order valence-corrected chi connectivity index (χ3v) is 3.97. The molecule has 0 saturated carbocycles. The third kappa shape index (κ3) is 4.15. The number of nitrogens with zero attached hydrogens (tertiary/aromatic N) is 1. The number of carboxylic acids is 1. The number of carboxylic acid groups (broad SMARTS) is 1. The molecule has 132 valence electrons. The number of rotatable bonds is 6. The van der Waals surface area contributed by atoms with E-state index < -0.39 is 23.8 Å². The molecule has 25 heavy (non-hydrogen) atoms. The van der Waals surface area contributed by atoms with E-state index in [2.05, 4.69) is 0 Å². The normalized spacial score (nSPS) is 11.0. The average Bonchev–Trinajstić information content (AvgIpc) is 2.59. The van der Waals surface area contributed by atoms with E-state index >= 15 is 0 Å². The zero-order valence-electron chi connectivity index (χ0n) is 14.3. The highest BCUT2D eigenvalue weighted by Gasteiger charge is 2.35. The van der Waals surface area contributed by atoms with E-state index in [0.717, 1.165) is 0 Å². The van der Waals surface area contributed by atoms with Crippen LogP contribution in [0.1, 0.15) is 19.4 Å². The summed E-state index contributed by atoms with van der Waals surface area (Å²) in [6, 6.07) is 12.7. The van der Waals surface area contributed by atoms with Crippen LogP contribution in [0.4, 0.5) is 10.1 Å². The lowest BCUT2D eigenvalue weighted by molar-refractivity contribution is -0.139. The van der Waals surface area contributed by atoms with Crippen molar-refractivity contribution in [3.8, 4) is 5.75 Å². The first-order valence-electron chi connectivity index (χ1n) is 7.71. The molecule has 0 heterocycles. The molecule has 2 aromatic rings. The van der Waals surface area contributed by atoms with Crippen LogP contribution in [-0.4, -0.2) is 30.6 Å². The number of amides is 1. The molecule has 0 aliphatic carbocycles. The first-order valence-corrected chi connectivity index (χ1v) is 7.71. The van der Waals surface area contributed by atoms with Gasteiger partial charge < -0.3 is 14.7 Å². The number of hydrogen-bond donors (Lipinski definition) is 1. The number of likely N-dealkylation sites (N-methyl/N-ethyl adjacent to an activating group) is 1. The van der Waals surface area contributed by atoms with Crippen molar-refractivity contribution < 1.29 is 23.8 Å². The molecule has 1 amide bonds. The smallest absolute Gasteiger partial charge is 0.341 e. The molecule has 2 aromatic carbocycles. The van der Waals surface area contributed by atoms with E-state index in [4.69, 9.17) is 9.84 Å². The Morgan fingerprint density at radius 1 is 1.12 bits per heavy atom. The fourth-order valence-electron chi connectivity index (χ4n) is 2.53. The molecule has 0 saturated heterocycles. The topological polar surface area (TPSA) is 66.8 Å². The minimum absolute atomic E-state index is 0.267. The maximum Gasteiger partial charge on any atom is 0.341 e. The second kappa shape index (κ2) is 7.34. The van der Waals surface area contributed by atoms with Crippen molar-refractivity contribution in [2.75, 3.05) is 18.6 Å². The van der Waals surface area contributed by atoms with E-state index in [1.54, 1.807) is 63.4 Å². The van der Waals surface area contributed by atoms with Gasteiger partial charge in [0.25, 0.3) is 0 Å². The number of halogens is 1. The minimum Gasteiger partial charge on any atom is -0.482 e. The lowest BCUT2D eigenvalue weighted by atomic mass is 9.82. The molecule has 0 aliphatic rings. The van der Waals surface area contributed by atoms with Crippen molar-refractivity contribution in [3.63, 3.8) is 0 Å². The van der Waals surface area contributed by atoms with E-state index in [1.165, 1.54) is 11.0 Å². The average molecular weight is 345 g/mol. The molecule has 1 N–H and O–H groups in total. The van der Waals surface area contributed by atoms with Crippen LogP contribution in [-0.2, 0) is 15.0 Å². The number of anilines is 1. The summed E-state index contributed by atoms with van der Waals surface area (Å²) in [5.74, 6) is -1.37. The zero-order valence-corrected chi connectivity index (χ0v) is 14.3. The summed E-state index contributed by atoms with van der Waals surface area (Å²) in [6.07, 6.45) is 0. The predicted molar refractivity (Wildman–Crippen MR) is 92.4 cm³/mol. The van der Waals surface area contributed by atoms with Crippen LogP contribution < -0.4 is 9.64 Å². The first kappa shape index (κ1) is 18.4. The molecule has 0 radical (unpaired) electrons. The molecule has 0 fully saturated rings. The number of ether oxygens (including phenoxy) is 1. The van der Waals surface area contributed by atoms with Crippen molar-refractivity contribution in [2.24, 2.45) is 0 Å². The highest BCUT2D eigenvalue weighted by molar-refractivity contribution is 6.00. The number of carbonyl (C=O) groups is 2. The standard InChI is InChI=1S/C19H20FNO4/c1-19(2,15-6-4-5-7-16(15)20)18(24)21(3)13-8-10-14(11-9-13)25-12-17(22)23/h4-11H,12H2,1-3H3,(H,22,23). The van der Waals surface area contributed by atoms with E-state index in [0.29, 0.717) is 17.0 Å². The van der Waals surface area contributed by atoms with E-state index in [9.17, 15) is 14.0 Å². The maximum absolute atomic E-state index is 14.1. The molecule has 0 aromatic heterocycles. The molecule has 0 spiro atoms. The van der Waals surface area contributed by atoms with Gasteiger partial charge in [0.2, 0.25) is 5.91 Å². The highest BCUT2D eigenvalue weighted by Crippen LogP contribution is 2.30. The quantitative estimate of drug-likeness (QED) is 0.873. The van der Waals surface area contributed by atoms with Crippen LogP contribution in [0.5, 0.6) is 5.75 Å². The number of hydrogen-bond acceptors (Lipinski definition) is 3.